The van der Waals surface area contributed by atoms with Crippen LogP contribution in [-0.2, 0) is 14.4 Å². The van der Waals surface area contributed by atoms with Crippen molar-refractivity contribution in [3.63, 3.8) is 0 Å². The lowest BCUT2D eigenvalue weighted by Gasteiger charge is -2.16. The maximum absolute atomic E-state index is 12.0. The molecule has 3 heterocycles. The van der Waals surface area contributed by atoms with Crippen LogP contribution >= 0.6 is 11.8 Å². The van der Waals surface area contributed by atoms with E-state index in [0.717, 1.165) is 57.1 Å². The Morgan fingerprint density at radius 1 is 0.872 bits per heavy atom. The maximum atomic E-state index is 12.0. The number of thioether (sulfide) groups is 1. The lowest BCUT2D eigenvalue weighted by Crippen LogP contribution is -2.36. The van der Waals surface area contributed by atoms with E-state index in [2.05, 4.69) is 21.3 Å². The first-order valence-corrected chi connectivity index (χ1v) is 14.9. The van der Waals surface area contributed by atoms with Crippen LogP contribution in [-0.4, -0.2) is 74.9 Å². The number of amides is 4. The minimum absolute atomic E-state index is 0.00305. The summed E-state index contributed by atoms with van der Waals surface area (Å²) in [4.78, 5) is 52.1. The fourth-order valence-electron chi connectivity index (χ4n) is 4.71. The van der Waals surface area contributed by atoms with Crippen LogP contribution in [0.2, 0.25) is 0 Å². The Morgan fingerprint density at radius 2 is 1.46 bits per heavy atom. The first kappa shape index (κ1) is 30.5. The molecule has 1 aromatic rings. The molecular weight excluding hydrogens is 526 g/mol. The number of hydrogen-bond donors (Lipinski definition) is 6. The molecule has 1 aromatic heterocycles. The minimum Gasteiger partial charge on any atom is -0.492 e. The lowest BCUT2D eigenvalue weighted by atomic mass is 10.0. The summed E-state index contributed by atoms with van der Waals surface area (Å²) in [7, 11) is 0. The minimum atomic E-state index is -0.562. The van der Waals surface area contributed by atoms with E-state index >= 15 is 0 Å². The summed E-state index contributed by atoms with van der Waals surface area (Å²) < 4.78 is 0.667. The van der Waals surface area contributed by atoms with E-state index in [9.17, 15) is 29.4 Å². The van der Waals surface area contributed by atoms with Crippen LogP contribution in [0.5, 0.6) is 11.8 Å². The van der Waals surface area contributed by atoms with E-state index in [4.69, 9.17) is 4.84 Å². The van der Waals surface area contributed by atoms with Gasteiger partial charge in [0.25, 0.3) is 0 Å². The van der Waals surface area contributed by atoms with Crippen molar-refractivity contribution in [1.29, 1.82) is 0 Å². The van der Waals surface area contributed by atoms with Crippen molar-refractivity contribution in [2.24, 2.45) is 0 Å². The van der Waals surface area contributed by atoms with Crippen molar-refractivity contribution in [3.05, 3.63) is 12.1 Å². The van der Waals surface area contributed by atoms with E-state index < -0.39 is 5.97 Å². The SMILES string of the molecule is O=C(CCCCCNC(=O)CCCCC1SC[C@@H]2NC(=O)N[C@H]12)NCCCCCC(=O)On1c(O)ccc1O. The molecule has 12 nitrogen and oxygen atoms in total. The Kier molecular flexibility index (Phi) is 12.6. The molecule has 2 aliphatic rings. The van der Waals surface area contributed by atoms with Gasteiger partial charge in [-0.05, 0) is 38.5 Å². The van der Waals surface area contributed by atoms with Gasteiger partial charge in [-0.2, -0.15) is 11.8 Å². The fourth-order valence-corrected chi connectivity index (χ4v) is 6.25. The van der Waals surface area contributed by atoms with Crippen LogP contribution in [0, 0.1) is 0 Å². The second-order valence-electron chi connectivity index (χ2n) is 10.00. The quantitative estimate of drug-likeness (QED) is 0.115. The third kappa shape index (κ3) is 10.5. The van der Waals surface area contributed by atoms with E-state index in [1.165, 1.54) is 12.1 Å². The average Bonchev–Trinajstić information content (AvgIpc) is 3.56. The summed E-state index contributed by atoms with van der Waals surface area (Å²) in [6.45, 7) is 1.15. The Hall–Kier alpha value is -3.09. The second kappa shape index (κ2) is 16.1. The number of nitrogens with zero attached hydrogens (tertiary/aromatic N) is 1. The van der Waals surface area contributed by atoms with Crippen LogP contribution in [0.3, 0.4) is 0 Å². The van der Waals surface area contributed by atoms with Crippen LogP contribution in [0.1, 0.15) is 77.0 Å². The van der Waals surface area contributed by atoms with Crippen molar-refractivity contribution in [2.75, 3.05) is 18.8 Å². The summed E-state index contributed by atoms with van der Waals surface area (Å²) in [5.41, 5.74) is 0. The van der Waals surface area contributed by atoms with Gasteiger partial charge >= 0.3 is 12.0 Å². The number of urea groups is 1. The molecule has 0 radical (unpaired) electrons. The molecule has 2 fully saturated rings. The van der Waals surface area contributed by atoms with Crippen molar-refractivity contribution < 1.29 is 34.2 Å². The van der Waals surface area contributed by atoms with Crippen molar-refractivity contribution >= 4 is 35.6 Å². The molecule has 13 heteroatoms. The zero-order chi connectivity index (χ0) is 28.0. The van der Waals surface area contributed by atoms with E-state index in [-0.39, 0.29) is 48.1 Å². The zero-order valence-corrected chi connectivity index (χ0v) is 23.1. The molecule has 4 amide bonds. The highest BCUT2D eigenvalue weighted by molar-refractivity contribution is 8.00. The lowest BCUT2D eigenvalue weighted by molar-refractivity contribution is -0.145. The number of hydrogen-bond acceptors (Lipinski definition) is 8. The zero-order valence-electron chi connectivity index (χ0n) is 22.3. The molecule has 3 rings (SSSR count). The highest BCUT2D eigenvalue weighted by atomic mass is 32.2. The first-order valence-electron chi connectivity index (χ1n) is 13.9. The topological polar surface area (TPSA) is 171 Å². The second-order valence-corrected chi connectivity index (χ2v) is 11.3. The summed E-state index contributed by atoms with van der Waals surface area (Å²) >= 11 is 1.89. The van der Waals surface area contributed by atoms with Crippen LogP contribution < -0.4 is 26.1 Å². The molecule has 6 N–H and O–H groups in total. The van der Waals surface area contributed by atoms with Crippen molar-refractivity contribution in [3.8, 4) is 11.8 Å². The molecule has 2 aliphatic heterocycles. The summed E-state index contributed by atoms with van der Waals surface area (Å²) in [5.74, 6) is -0.257. The monoisotopic (exact) mass is 567 g/mol. The molecule has 0 aliphatic carbocycles. The third-order valence-corrected chi connectivity index (χ3v) is 8.36. The molecule has 0 aromatic carbocycles. The standard InChI is InChI=1S/C26H41N5O7S/c32-20(27-16-8-2-4-12-24(36)38-31-22(34)13-14-23(31)35)10-3-1-7-15-28-21(33)11-6-5-9-19-25-18(17-39-19)29-26(37)30-25/h13-14,18-19,25,34-35H,1-12,15-17H2,(H,27,32)(H,28,33)(H2,29,30,37)/t18-,19?,25-/m0/s1. The largest absolute Gasteiger partial charge is 0.492 e. The van der Waals surface area contributed by atoms with Gasteiger partial charge in [0.2, 0.25) is 23.6 Å². The van der Waals surface area contributed by atoms with Crippen molar-refractivity contribution in [2.45, 2.75) is 94.4 Å². The Morgan fingerprint density at radius 3 is 2.10 bits per heavy atom. The van der Waals surface area contributed by atoms with Gasteiger partial charge in [-0.15, -0.1) is 4.73 Å². The Bertz CT molecular complexity index is 953. The maximum Gasteiger partial charge on any atom is 0.333 e. The number of aromatic nitrogens is 1. The number of unbranched alkanes of at least 4 members (excludes halogenated alkanes) is 5. The Labute approximate surface area is 232 Å². The van der Waals surface area contributed by atoms with Gasteiger partial charge in [-0.1, -0.05) is 19.3 Å². The van der Waals surface area contributed by atoms with Gasteiger partial charge in [0.1, 0.15) is 0 Å². The first-order chi connectivity index (χ1) is 18.8. The van der Waals surface area contributed by atoms with Gasteiger partial charge in [0.15, 0.2) is 0 Å². The molecule has 2 saturated heterocycles. The van der Waals surface area contributed by atoms with Gasteiger partial charge in [-0.3, -0.25) is 9.59 Å². The highest BCUT2D eigenvalue weighted by Crippen LogP contribution is 2.33. The van der Waals surface area contributed by atoms with E-state index in [1.54, 1.807) is 0 Å². The molecule has 0 spiro atoms. The number of carbonyl (C=O) groups is 4. The molecule has 1 unspecified atom stereocenters. The summed E-state index contributed by atoms with van der Waals surface area (Å²) in [6, 6.07) is 2.82. The van der Waals surface area contributed by atoms with Crippen LogP contribution in [0.25, 0.3) is 0 Å². The molecule has 218 valence electrons. The van der Waals surface area contributed by atoms with Crippen molar-refractivity contribution in [1.82, 2.24) is 26.0 Å². The molecular formula is C26H41N5O7S. The molecule has 3 atom stereocenters. The number of carbonyl (C=O) groups excluding carboxylic acids is 4. The Balaban J connectivity index is 1.07. The summed E-state index contributed by atoms with van der Waals surface area (Å²) in [6.07, 6.45) is 8.42. The van der Waals surface area contributed by atoms with Gasteiger partial charge in [0.05, 0.1) is 12.1 Å². The van der Waals surface area contributed by atoms with Gasteiger partial charge in [-0.25, -0.2) is 9.59 Å². The van der Waals surface area contributed by atoms with Crippen LogP contribution in [0.4, 0.5) is 4.79 Å². The molecule has 0 saturated carbocycles. The number of rotatable bonds is 18. The fraction of sp³-hybridized carbons (Fsp3) is 0.692. The molecule has 39 heavy (non-hydrogen) atoms. The average molecular weight is 568 g/mol. The smallest absolute Gasteiger partial charge is 0.333 e. The number of fused-ring (bicyclic) bond motifs is 1. The predicted molar refractivity (Wildman–Crippen MR) is 146 cm³/mol. The molecule has 0 bridgehead atoms. The predicted octanol–water partition coefficient (Wildman–Crippen LogP) is 1.93. The van der Waals surface area contributed by atoms with Gasteiger partial charge < -0.3 is 36.3 Å². The van der Waals surface area contributed by atoms with E-state index in [1.807, 2.05) is 11.8 Å². The number of aromatic hydroxyl groups is 2. The van der Waals surface area contributed by atoms with Crippen LogP contribution in [0.15, 0.2) is 12.1 Å². The summed E-state index contributed by atoms with van der Waals surface area (Å²) in [5, 5.41) is 31.1. The van der Waals surface area contributed by atoms with E-state index in [0.29, 0.717) is 42.3 Å². The third-order valence-electron chi connectivity index (χ3n) is 6.85. The highest BCUT2D eigenvalue weighted by Gasteiger charge is 2.42. The number of nitrogens with one attached hydrogen (secondary N) is 4. The normalized spacial score (nSPS) is 19.7. The van der Waals surface area contributed by atoms with Gasteiger partial charge in [0, 0.05) is 55.5 Å².